The Morgan fingerprint density at radius 3 is 2.62 bits per heavy atom. The summed E-state index contributed by atoms with van der Waals surface area (Å²) >= 11 is 3.89. The largest absolute Gasteiger partial charge is 0.309 e. The SMILES string of the molecule is Cc1csc2sc(CCCN(C)C)c(C)c12. The maximum Gasteiger partial charge on any atom is 0.0873 e. The molecule has 0 aliphatic carbocycles. The number of fused-ring (bicyclic) bond motifs is 1. The first-order valence-corrected chi connectivity index (χ1v) is 7.40. The highest BCUT2D eigenvalue weighted by atomic mass is 32.2. The molecule has 0 aliphatic heterocycles. The third-order valence-electron chi connectivity index (χ3n) is 2.96. The van der Waals surface area contributed by atoms with Gasteiger partial charge < -0.3 is 4.90 Å². The normalized spacial score (nSPS) is 11.8. The van der Waals surface area contributed by atoms with Crippen LogP contribution < -0.4 is 0 Å². The zero-order valence-corrected chi connectivity index (χ0v) is 12.1. The highest BCUT2D eigenvalue weighted by Gasteiger charge is 2.11. The summed E-state index contributed by atoms with van der Waals surface area (Å²) in [4.78, 5) is 3.85. The Balaban J connectivity index is 2.15. The van der Waals surface area contributed by atoms with Crippen molar-refractivity contribution in [1.82, 2.24) is 4.90 Å². The Morgan fingerprint density at radius 1 is 1.25 bits per heavy atom. The fourth-order valence-electron chi connectivity index (χ4n) is 2.07. The Hall–Kier alpha value is -0.380. The Morgan fingerprint density at radius 2 is 2.00 bits per heavy atom. The van der Waals surface area contributed by atoms with Crippen LogP contribution in [0.5, 0.6) is 0 Å². The topological polar surface area (TPSA) is 3.24 Å². The summed E-state index contributed by atoms with van der Waals surface area (Å²) in [5.41, 5.74) is 2.98. The third kappa shape index (κ3) is 2.31. The molecule has 16 heavy (non-hydrogen) atoms. The van der Waals surface area contributed by atoms with Gasteiger partial charge in [-0.1, -0.05) is 0 Å². The molecule has 0 radical (unpaired) electrons. The van der Waals surface area contributed by atoms with Crippen LogP contribution in [0.3, 0.4) is 0 Å². The molecule has 1 nitrogen and oxygen atoms in total. The molecule has 2 aromatic heterocycles. The molecule has 0 saturated carbocycles. The first-order chi connectivity index (χ1) is 7.59. The summed E-state index contributed by atoms with van der Waals surface area (Å²) in [6.45, 7) is 5.69. The van der Waals surface area contributed by atoms with E-state index in [0.717, 1.165) is 0 Å². The van der Waals surface area contributed by atoms with Gasteiger partial charge in [-0.3, -0.25) is 0 Å². The fourth-order valence-corrected chi connectivity index (χ4v) is 4.68. The summed E-state index contributed by atoms with van der Waals surface area (Å²) in [6, 6.07) is 0. The predicted molar refractivity (Wildman–Crippen MR) is 76.1 cm³/mol. The zero-order valence-electron chi connectivity index (χ0n) is 10.5. The second-order valence-electron chi connectivity index (χ2n) is 4.64. The minimum Gasteiger partial charge on any atom is -0.309 e. The van der Waals surface area contributed by atoms with Crippen LogP contribution in [0.4, 0.5) is 0 Å². The van der Waals surface area contributed by atoms with E-state index in [1.807, 2.05) is 22.7 Å². The third-order valence-corrected chi connectivity index (χ3v) is 5.53. The standard InChI is InChI=1S/C13H19NS2/c1-9-8-15-13-12(9)10(2)11(16-13)6-5-7-14(3)4/h8H,5-7H2,1-4H3. The predicted octanol–water partition coefficient (Wildman–Crippen LogP) is 4.07. The molecule has 88 valence electrons. The van der Waals surface area contributed by atoms with Gasteiger partial charge >= 0.3 is 0 Å². The van der Waals surface area contributed by atoms with E-state index >= 15 is 0 Å². The number of thiophene rings is 2. The smallest absolute Gasteiger partial charge is 0.0873 e. The maximum atomic E-state index is 2.28. The number of aryl methyl sites for hydroxylation is 3. The van der Waals surface area contributed by atoms with E-state index in [-0.39, 0.29) is 0 Å². The van der Waals surface area contributed by atoms with Crippen molar-refractivity contribution in [3.8, 4) is 0 Å². The van der Waals surface area contributed by atoms with Gasteiger partial charge in [0.15, 0.2) is 0 Å². The van der Waals surface area contributed by atoms with Crippen molar-refractivity contribution in [3.63, 3.8) is 0 Å². The molecule has 0 amide bonds. The van der Waals surface area contributed by atoms with Crippen molar-refractivity contribution in [2.45, 2.75) is 26.7 Å². The van der Waals surface area contributed by atoms with E-state index in [9.17, 15) is 0 Å². The summed E-state index contributed by atoms with van der Waals surface area (Å²) in [7, 11) is 4.29. The molecule has 0 bridgehead atoms. The van der Waals surface area contributed by atoms with Gasteiger partial charge in [-0.2, -0.15) is 0 Å². The van der Waals surface area contributed by atoms with E-state index in [4.69, 9.17) is 0 Å². The Kier molecular flexibility index (Phi) is 3.67. The first kappa shape index (κ1) is 12.1. The molecule has 0 fully saturated rings. The summed E-state index contributed by atoms with van der Waals surface area (Å²) < 4.78 is 1.51. The number of nitrogens with zero attached hydrogens (tertiary/aromatic N) is 1. The summed E-state index contributed by atoms with van der Waals surface area (Å²) in [5, 5.41) is 3.80. The minimum absolute atomic E-state index is 1.18. The van der Waals surface area contributed by atoms with Crippen molar-refractivity contribution >= 4 is 32.1 Å². The lowest BCUT2D eigenvalue weighted by atomic mass is 10.1. The lowest BCUT2D eigenvalue weighted by molar-refractivity contribution is 0.401. The highest BCUT2D eigenvalue weighted by molar-refractivity contribution is 7.37. The summed E-state index contributed by atoms with van der Waals surface area (Å²) in [6.07, 6.45) is 2.50. The average molecular weight is 253 g/mol. The lowest BCUT2D eigenvalue weighted by Gasteiger charge is -2.08. The molecule has 2 heterocycles. The van der Waals surface area contributed by atoms with Crippen molar-refractivity contribution in [2.75, 3.05) is 20.6 Å². The molecule has 0 atom stereocenters. The number of hydrogen-bond donors (Lipinski definition) is 0. The van der Waals surface area contributed by atoms with Gasteiger partial charge in [-0.05, 0) is 63.8 Å². The van der Waals surface area contributed by atoms with Gasteiger partial charge in [0.1, 0.15) is 0 Å². The van der Waals surface area contributed by atoms with E-state index in [1.54, 1.807) is 4.88 Å². The second kappa shape index (κ2) is 4.86. The molecule has 3 heteroatoms. The van der Waals surface area contributed by atoms with Gasteiger partial charge in [0.25, 0.3) is 0 Å². The molecule has 0 aromatic carbocycles. The van der Waals surface area contributed by atoms with E-state index in [1.165, 1.54) is 39.9 Å². The van der Waals surface area contributed by atoms with Crippen LogP contribution in [0.2, 0.25) is 0 Å². The molecular formula is C13H19NS2. The van der Waals surface area contributed by atoms with Crippen molar-refractivity contribution in [3.05, 3.63) is 21.4 Å². The van der Waals surface area contributed by atoms with Crippen LogP contribution in [0.25, 0.3) is 9.40 Å². The second-order valence-corrected chi connectivity index (χ2v) is 6.88. The van der Waals surface area contributed by atoms with Crippen molar-refractivity contribution in [1.29, 1.82) is 0 Å². The fraction of sp³-hybridized carbons (Fsp3) is 0.538. The summed E-state index contributed by atoms with van der Waals surface area (Å²) in [5.74, 6) is 0. The van der Waals surface area contributed by atoms with Crippen LogP contribution >= 0.6 is 22.7 Å². The minimum atomic E-state index is 1.18. The van der Waals surface area contributed by atoms with E-state index in [2.05, 4.69) is 38.2 Å². The van der Waals surface area contributed by atoms with Crippen LogP contribution in [0, 0.1) is 13.8 Å². The van der Waals surface area contributed by atoms with Gasteiger partial charge in [0, 0.05) is 10.3 Å². The molecule has 0 saturated heterocycles. The van der Waals surface area contributed by atoms with Gasteiger partial charge in [-0.25, -0.2) is 0 Å². The van der Waals surface area contributed by atoms with Crippen LogP contribution in [-0.2, 0) is 6.42 Å². The lowest BCUT2D eigenvalue weighted by Crippen LogP contribution is -2.13. The molecule has 0 spiro atoms. The maximum absolute atomic E-state index is 2.28. The van der Waals surface area contributed by atoms with Gasteiger partial charge in [0.2, 0.25) is 0 Å². The Labute approximate surface area is 106 Å². The quantitative estimate of drug-likeness (QED) is 0.794. The van der Waals surface area contributed by atoms with Crippen molar-refractivity contribution in [2.24, 2.45) is 0 Å². The molecular weight excluding hydrogens is 234 g/mol. The molecule has 2 aromatic rings. The van der Waals surface area contributed by atoms with E-state index < -0.39 is 0 Å². The van der Waals surface area contributed by atoms with Crippen LogP contribution in [-0.4, -0.2) is 25.5 Å². The monoisotopic (exact) mass is 253 g/mol. The van der Waals surface area contributed by atoms with E-state index in [0.29, 0.717) is 0 Å². The highest BCUT2D eigenvalue weighted by Crippen LogP contribution is 2.37. The first-order valence-electron chi connectivity index (χ1n) is 5.70. The van der Waals surface area contributed by atoms with Crippen LogP contribution in [0.1, 0.15) is 22.4 Å². The van der Waals surface area contributed by atoms with Crippen LogP contribution in [0.15, 0.2) is 5.38 Å². The average Bonchev–Trinajstić information content (AvgIpc) is 2.70. The number of hydrogen-bond acceptors (Lipinski definition) is 3. The molecule has 0 unspecified atom stereocenters. The Bertz CT molecular complexity index is 479. The van der Waals surface area contributed by atoms with Crippen molar-refractivity contribution < 1.29 is 0 Å². The number of rotatable bonds is 4. The molecule has 0 aliphatic rings. The zero-order chi connectivity index (χ0) is 11.7. The van der Waals surface area contributed by atoms with Gasteiger partial charge in [0.05, 0.1) is 4.01 Å². The molecule has 2 rings (SSSR count). The molecule has 0 N–H and O–H groups in total. The van der Waals surface area contributed by atoms with Gasteiger partial charge in [-0.15, -0.1) is 22.7 Å².